The standard InChI is InChI=1S/C25H27FN4O16/c26-14-6-10(8-30-22(38,39)24(42,43)46-25(44,45)23(30,40)41)4-5-11(14)7-27-15-3-1-2-12-13(15)9-29(18(12)32)16-17(31)28-19(33)21(36,37)20(16,34)35/h1-6,16,27,34-45H,7-9H2,(H,28,31,33). The predicted octanol–water partition coefficient (Wildman–Crippen LogP) is -6.83. The average molecular weight is 659 g/mol. The van der Waals surface area contributed by atoms with Crippen LogP contribution >= 0.6 is 0 Å². The lowest BCUT2D eigenvalue weighted by Crippen LogP contribution is -2.83. The summed E-state index contributed by atoms with van der Waals surface area (Å²) >= 11 is 0. The summed E-state index contributed by atoms with van der Waals surface area (Å²) in [6, 6.07) is 4.76. The molecule has 0 radical (unpaired) electrons. The third kappa shape index (κ3) is 4.83. The highest BCUT2D eigenvalue weighted by molar-refractivity contribution is 6.08. The fourth-order valence-electron chi connectivity index (χ4n) is 5.23. The normalized spacial score (nSPS) is 25.6. The van der Waals surface area contributed by atoms with Crippen LogP contribution in [0.3, 0.4) is 0 Å². The Morgan fingerprint density at radius 3 is 2.09 bits per heavy atom. The molecule has 0 aliphatic carbocycles. The lowest BCUT2D eigenvalue weighted by atomic mass is 9.90. The quantitative estimate of drug-likeness (QED) is 0.101. The molecule has 3 aliphatic rings. The Morgan fingerprint density at radius 1 is 0.891 bits per heavy atom. The topological polar surface area (TPSA) is 334 Å². The van der Waals surface area contributed by atoms with Crippen molar-refractivity contribution in [3.63, 3.8) is 0 Å². The van der Waals surface area contributed by atoms with E-state index in [1.54, 1.807) is 5.32 Å². The maximum atomic E-state index is 15.1. The number of ether oxygens (including phenoxy) is 1. The van der Waals surface area contributed by atoms with Crippen LogP contribution in [0.1, 0.15) is 27.0 Å². The van der Waals surface area contributed by atoms with Gasteiger partial charge in [0.15, 0.2) is 6.04 Å². The van der Waals surface area contributed by atoms with Gasteiger partial charge in [-0.05, 0) is 23.8 Å². The number of nitrogens with one attached hydrogen (secondary N) is 2. The van der Waals surface area contributed by atoms with Gasteiger partial charge >= 0.3 is 29.6 Å². The van der Waals surface area contributed by atoms with Gasteiger partial charge in [0.2, 0.25) is 0 Å². The number of hydrogen-bond acceptors (Lipinski definition) is 18. The molecule has 0 saturated carbocycles. The molecule has 46 heavy (non-hydrogen) atoms. The lowest BCUT2D eigenvalue weighted by Gasteiger charge is -2.55. The van der Waals surface area contributed by atoms with Crippen molar-refractivity contribution in [2.45, 2.75) is 61.0 Å². The van der Waals surface area contributed by atoms with Gasteiger partial charge in [0, 0.05) is 42.0 Å². The van der Waals surface area contributed by atoms with E-state index in [2.05, 4.69) is 10.1 Å². The van der Waals surface area contributed by atoms with Gasteiger partial charge in [-0.3, -0.25) is 24.4 Å². The third-order valence-corrected chi connectivity index (χ3v) is 7.84. The van der Waals surface area contributed by atoms with Crippen LogP contribution in [0.5, 0.6) is 0 Å². The Bertz CT molecular complexity index is 1600. The molecule has 0 bridgehead atoms. The van der Waals surface area contributed by atoms with Crippen molar-refractivity contribution in [2.75, 3.05) is 5.32 Å². The molecule has 20 nitrogen and oxygen atoms in total. The fourth-order valence-corrected chi connectivity index (χ4v) is 5.23. The minimum absolute atomic E-state index is 0.0611. The van der Waals surface area contributed by atoms with Gasteiger partial charge in [0.1, 0.15) is 5.82 Å². The first-order valence-electron chi connectivity index (χ1n) is 12.9. The van der Waals surface area contributed by atoms with Crippen molar-refractivity contribution in [1.29, 1.82) is 0 Å². The van der Waals surface area contributed by atoms with E-state index in [9.17, 15) is 75.7 Å². The van der Waals surface area contributed by atoms with Crippen LogP contribution in [-0.2, 0) is 34.0 Å². The molecular weight excluding hydrogens is 631 g/mol. The Hall–Kier alpha value is -3.78. The number of piperidine rings is 1. The summed E-state index contributed by atoms with van der Waals surface area (Å²) < 4.78 is 18.9. The third-order valence-electron chi connectivity index (χ3n) is 7.84. The number of halogens is 1. The molecule has 1 unspecified atom stereocenters. The first kappa shape index (κ1) is 33.6. The summed E-state index contributed by atoms with van der Waals surface area (Å²) in [7, 11) is 0. The smallest absolute Gasteiger partial charge is 0.356 e. The molecule has 21 heteroatoms. The first-order valence-corrected chi connectivity index (χ1v) is 12.9. The van der Waals surface area contributed by atoms with Gasteiger partial charge < -0.3 is 71.5 Å². The lowest BCUT2D eigenvalue weighted by molar-refractivity contribution is -0.659. The molecule has 5 rings (SSSR count). The second-order valence-electron chi connectivity index (χ2n) is 10.8. The molecule has 14 N–H and O–H groups in total. The van der Waals surface area contributed by atoms with Gasteiger partial charge in [-0.25, -0.2) is 4.39 Å². The van der Waals surface area contributed by atoms with Crippen molar-refractivity contribution in [3.05, 3.63) is 64.5 Å². The van der Waals surface area contributed by atoms with Crippen molar-refractivity contribution in [3.8, 4) is 0 Å². The van der Waals surface area contributed by atoms with Crippen LogP contribution in [0.15, 0.2) is 36.4 Å². The molecule has 2 aromatic carbocycles. The Labute approximate surface area is 254 Å². The zero-order chi connectivity index (χ0) is 34.4. The number of carbonyl (C=O) groups is 3. The number of amides is 3. The second kappa shape index (κ2) is 10.4. The van der Waals surface area contributed by atoms with Gasteiger partial charge in [-0.1, -0.05) is 18.2 Å². The molecular formula is C25H27FN4O16. The highest BCUT2D eigenvalue weighted by atomic mass is 19.1. The number of morpholine rings is 1. The number of fused-ring (bicyclic) bond motifs is 1. The van der Waals surface area contributed by atoms with Crippen LogP contribution in [-0.4, -0.2) is 130 Å². The monoisotopic (exact) mass is 658 g/mol. The van der Waals surface area contributed by atoms with E-state index < -0.39 is 82.9 Å². The van der Waals surface area contributed by atoms with E-state index in [4.69, 9.17) is 0 Å². The fraction of sp³-hybridized carbons (Fsp3) is 0.400. The van der Waals surface area contributed by atoms with E-state index >= 15 is 4.39 Å². The Morgan fingerprint density at radius 2 is 1.50 bits per heavy atom. The van der Waals surface area contributed by atoms with E-state index in [-0.39, 0.29) is 34.5 Å². The number of imide groups is 1. The summed E-state index contributed by atoms with van der Waals surface area (Å²) in [6.07, 6.45) is 0. The molecule has 2 aromatic rings. The first-order chi connectivity index (χ1) is 21.0. The highest BCUT2D eigenvalue weighted by Crippen LogP contribution is 2.42. The van der Waals surface area contributed by atoms with Crippen molar-refractivity contribution in [2.24, 2.45) is 0 Å². The Kier molecular flexibility index (Phi) is 7.56. The van der Waals surface area contributed by atoms with Gasteiger partial charge in [-0.15, -0.1) is 0 Å². The molecule has 250 valence electrons. The van der Waals surface area contributed by atoms with Gasteiger partial charge in [-0.2, -0.15) is 4.90 Å². The number of hydrogen-bond donors (Lipinski definition) is 14. The van der Waals surface area contributed by atoms with Crippen LogP contribution in [0, 0.1) is 5.82 Å². The molecule has 0 spiro atoms. The summed E-state index contributed by atoms with van der Waals surface area (Å²) in [4.78, 5) is 37.5. The van der Waals surface area contributed by atoms with E-state index in [1.165, 1.54) is 18.2 Å². The van der Waals surface area contributed by atoms with Gasteiger partial charge in [0.25, 0.3) is 23.5 Å². The Balaban J connectivity index is 1.35. The maximum Gasteiger partial charge on any atom is 0.356 e. The van der Waals surface area contributed by atoms with E-state index in [0.717, 1.165) is 18.2 Å². The van der Waals surface area contributed by atoms with Gasteiger partial charge in [0.05, 0.1) is 0 Å². The molecule has 0 aromatic heterocycles. The summed E-state index contributed by atoms with van der Waals surface area (Å²) in [6.45, 7) is -1.97. The number of anilines is 1. The average Bonchev–Trinajstić information content (AvgIpc) is 3.25. The maximum absolute atomic E-state index is 15.1. The molecule has 3 heterocycles. The SMILES string of the molecule is O=C1NC(=O)C(O)(O)C(O)(O)C1N1Cc2c(NCc3ccc(CN4C(O)(O)C(O)(O)OC(O)(O)C4(O)O)cc3F)cccc2C1=O. The number of carbonyl (C=O) groups excluding carboxylic acids is 3. The summed E-state index contributed by atoms with van der Waals surface area (Å²) in [5.74, 6) is -29.4. The zero-order valence-corrected chi connectivity index (χ0v) is 22.9. The number of benzene rings is 2. The van der Waals surface area contributed by atoms with E-state index in [0.29, 0.717) is 4.90 Å². The second-order valence-corrected chi connectivity index (χ2v) is 10.8. The predicted molar refractivity (Wildman–Crippen MR) is 137 cm³/mol. The molecule has 1 atom stereocenters. The van der Waals surface area contributed by atoms with Crippen molar-refractivity contribution >= 4 is 23.4 Å². The molecule has 2 fully saturated rings. The van der Waals surface area contributed by atoms with Crippen molar-refractivity contribution < 1.29 is 84.8 Å². The minimum atomic E-state index is -4.19. The summed E-state index contributed by atoms with van der Waals surface area (Å²) in [5.41, 5.74) is -0.0923. The van der Waals surface area contributed by atoms with E-state index in [1.807, 2.05) is 0 Å². The van der Waals surface area contributed by atoms with Crippen molar-refractivity contribution in [1.82, 2.24) is 15.1 Å². The molecule has 3 aliphatic heterocycles. The zero-order valence-electron chi connectivity index (χ0n) is 22.9. The number of aliphatic hydroxyl groups is 12. The molecule has 2 saturated heterocycles. The van der Waals surface area contributed by atoms with Crippen LogP contribution in [0.25, 0.3) is 0 Å². The van der Waals surface area contributed by atoms with Crippen LogP contribution < -0.4 is 10.6 Å². The summed E-state index contributed by atoms with van der Waals surface area (Å²) in [5, 5.41) is 124. The largest absolute Gasteiger partial charge is 0.381 e. The minimum Gasteiger partial charge on any atom is -0.381 e. The van der Waals surface area contributed by atoms with Crippen LogP contribution in [0.4, 0.5) is 10.1 Å². The molecule has 3 amide bonds. The van der Waals surface area contributed by atoms with Crippen LogP contribution in [0.2, 0.25) is 0 Å². The number of rotatable bonds is 6. The highest BCUT2D eigenvalue weighted by Gasteiger charge is 2.74. The number of nitrogens with zero attached hydrogens (tertiary/aromatic N) is 2.